The van der Waals surface area contributed by atoms with Gasteiger partial charge in [-0.3, -0.25) is 9.98 Å². The number of pyridine rings is 1. The Labute approximate surface area is 191 Å². The van der Waals surface area contributed by atoms with E-state index in [-0.39, 0.29) is 30.1 Å². The number of fused-ring (bicyclic) bond motifs is 1. The molecule has 1 aliphatic rings. The molecule has 6 heteroatoms. The van der Waals surface area contributed by atoms with Crippen molar-refractivity contribution in [3.63, 3.8) is 0 Å². The summed E-state index contributed by atoms with van der Waals surface area (Å²) in [6.07, 6.45) is 7.40. The van der Waals surface area contributed by atoms with Crippen molar-refractivity contribution in [1.29, 1.82) is 0 Å². The zero-order valence-corrected chi connectivity index (χ0v) is 19.6. The molecular weight excluding hydrogens is 475 g/mol. The van der Waals surface area contributed by atoms with Crippen molar-refractivity contribution in [2.75, 3.05) is 26.2 Å². The van der Waals surface area contributed by atoms with E-state index in [0.717, 1.165) is 57.2 Å². The number of hydrogen-bond acceptors (Lipinski definition) is 3. The molecule has 1 aromatic carbocycles. The van der Waals surface area contributed by atoms with Crippen LogP contribution in [0.5, 0.6) is 0 Å². The number of hydrogen-bond donors (Lipinski definition) is 2. The highest BCUT2D eigenvalue weighted by atomic mass is 127. The fourth-order valence-corrected chi connectivity index (χ4v) is 3.56. The van der Waals surface area contributed by atoms with Crippen LogP contribution < -0.4 is 10.6 Å². The third-order valence-corrected chi connectivity index (χ3v) is 4.95. The number of nitrogens with one attached hydrogen (secondary N) is 2. The molecule has 0 amide bonds. The fourth-order valence-electron chi connectivity index (χ4n) is 3.56. The van der Waals surface area contributed by atoms with E-state index in [0.29, 0.717) is 0 Å². The molecule has 1 aromatic heterocycles. The molecule has 0 bridgehead atoms. The first-order valence-electron chi connectivity index (χ1n) is 10.5. The summed E-state index contributed by atoms with van der Waals surface area (Å²) in [5.74, 6) is 0.862. The summed E-state index contributed by atoms with van der Waals surface area (Å²) >= 11 is 0. The lowest BCUT2D eigenvalue weighted by Gasteiger charge is -2.25. The van der Waals surface area contributed by atoms with Crippen molar-refractivity contribution in [3.8, 4) is 0 Å². The quantitative estimate of drug-likeness (QED) is 0.230. The van der Waals surface area contributed by atoms with Crippen LogP contribution in [0, 0.1) is 0 Å². The number of aliphatic imine (C=N–C) groups is 1. The largest absolute Gasteiger partial charge is 0.373 e. The Kier molecular flexibility index (Phi) is 11.0. The minimum Gasteiger partial charge on any atom is -0.373 e. The van der Waals surface area contributed by atoms with Crippen molar-refractivity contribution >= 4 is 29.9 Å². The van der Waals surface area contributed by atoms with Gasteiger partial charge in [-0.15, -0.1) is 24.0 Å². The number of aryl methyl sites for hydroxylation is 1. The maximum Gasteiger partial charge on any atom is 0.191 e. The predicted octanol–water partition coefficient (Wildman–Crippen LogP) is 4.28. The standard InChI is InChI=1S/C23H32N4O.HI/c1-2-24-23(27-17-14-20-11-5-6-15-25-20)26-16-8-18-28-22-13-7-10-19-9-3-4-12-21(19)22;/h3-6,9,11-12,15,22H,2,7-8,10,13-14,16-18H2,1H3,(H2,24,26,27);1H. The average Bonchev–Trinajstić information content (AvgIpc) is 2.74. The monoisotopic (exact) mass is 508 g/mol. The second kappa shape index (κ2) is 13.5. The molecule has 1 unspecified atom stereocenters. The Morgan fingerprint density at radius 1 is 1.17 bits per heavy atom. The Morgan fingerprint density at radius 3 is 2.86 bits per heavy atom. The number of ether oxygens (including phenoxy) is 1. The highest BCUT2D eigenvalue weighted by Gasteiger charge is 2.19. The van der Waals surface area contributed by atoms with Gasteiger partial charge in [0, 0.05) is 44.6 Å². The lowest BCUT2D eigenvalue weighted by Crippen LogP contribution is -2.38. The molecule has 0 saturated carbocycles. The SMILES string of the molecule is CCNC(=NCCCOC1CCCc2ccccc21)NCCc1ccccn1.I. The second-order valence-electron chi connectivity index (χ2n) is 7.06. The number of nitrogens with zero attached hydrogens (tertiary/aromatic N) is 2. The molecule has 158 valence electrons. The van der Waals surface area contributed by atoms with Gasteiger partial charge in [0.05, 0.1) is 6.10 Å². The Balaban J connectivity index is 0.00000300. The summed E-state index contributed by atoms with van der Waals surface area (Å²) in [6.45, 7) is 5.26. The van der Waals surface area contributed by atoms with Gasteiger partial charge in [-0.05, 0) is 55.9 Å². The van der Waals surface area contributed by atoms with Gasteiger partial charge in [-0.1, -0.05) is 30.3 Å². The highest BCUT2D eigenvalue weighted by molar-refractivity contribution is 14.0. The van der Waals surface area contributed by atoms with E-state index >= 15 is 0 Å². The summed E-state index contributed by atoms with van der Waals surface area (Å²) < 4.78 is 6.17. The van der Waals surface area contributed by atoms with Crippen molar-refractivity contribution < 1.29 is 4.74 Å². The van der Waals surface area contributed by atoms with Crippen molar-refractivity contribution in [1.82, 2.24) is 15.6 Å². The molecule has 29 heavy (non-hydrogen) atoms. The molecule has 0 fully saturated rings. The number of rotatable bonds is 9. The molecule has 0 spiro atoms. The average molecular weight is 508 g/mol. The molecular formula is C23H33IN4O. The number of halogens is 1. The Hall–Kier alpha value is -1.67. The summed E-state index contributed by atoms with van der Waals surface area (Å²) in [6, 6.07) is 14.7. The Bertz CT molecular complexity index is 739. The van der Waals surface area contributed by atoms with Gasteiger partial charge in [-0.2, -0.15) is 0 Å². The highest BCUT2D eigenvalue weighted by Crippen LogP contribution is 2.32. The zero-order valence-electron chi connectivity index (χ0n) is 17.3. The van der Waals surface area contributed by atoms with E-state index in [1.165, 1.54) is 24.0 Å². The molecule has 2 aromatic rings. The summed E-state index contributed by atoms with van der Waals surface area (Å²) in [5.41, 5.74) is 3.91. The maximum atomic E-state index is 6.17. The van der Waals surface area contributed by atoms with E-state index in [2.05, 4.69) is 51.8 Å². The molecule has 0 radical (unpaired) electrons. The molecule has 0 saturated heterocycles. The van der Waals surface area contributed by atoms with Crippen molar-refractivity contribution in [2.24, 2.45) is 4.99 Å². The van der Waals surface area contributed by atoms with Gasteiger partial charge in [0.2, 0.25) is 0 Å². The van der Waals surface area contributed by atoms with Crippen LogP contribution in [-0.2, 0) is 17.6 Å². The maximum absolute atomic E-state index is 6.17. The van der Waals surface area contributed by atoms with Crippen LogP contribution in [0.15, 0.2) is 53.7 Å². The summed E-state index contributed by atoms with van der Waals surface area (Å²) in [4.78, 5) is 9.02. The smallest absolute Gasteiger partial charge is 0.191 e. The summed E-state index contributed by atoms with van der Waals surface area (Å²) in [5, 5.41) is 6.68. The van der Waals surface area contributed by atoms with E-state index in [9.17, 15) is 0 Å². The fraction of sp³-hybridized carbons (Fsp3) is 0.478. The van der Waals surface area contributed by atoms with Crippen LogP contribution in [-0.4, -0.2) is 37.2 Å². The van der Waals surface area contributed by atoms with Crippen LogP contribution in [0.4, 0.5) is 0 Å². The minimum atomic E-state index is 0. The predicted molar refractivity (Wildman–Crippen MR) is 130 cm³/mol. The van der Waals surface area contributed by atoms with E-state index in [1.54, 1.807) is 0 Å². The van der Waals surface area contributed by atoms with E-state index in [1.807, 2.05) is 24.4 Å². The molecule has 1 heterocycles. The minimum absolute atomic E-state index is 0. The zero-order chi connectivity index (χ0) is 19.4. The second-order valence-corrected chi connectivity index (χ2v) is 7.06. The van der Waals surface area contributed by atoms with Crippen LogP contribution >= 0.6 is 24.0 Å². The van der Waals surface area contributed by atoms with Gasteiger partial charge in [0.15, 0.2) is 5.96 Å². The topological polar surface area (TPSA) is 58.5 Å². The molecule has 5 nitrogen and oxygen atoms in total. The van der Waals surface area contributed by atoms with Gasteiger partial charge >= 0.3 is 0 Å². The van der Waals surface area contributed by atoms with Gasteiger partial charge in [0.1, 0.15) is 0 Å². The van der Waals surface area contributed by atoms with Crippen LogP contribution in [0.3, 0.4) is 0 Å². The molecule has 3 rings (SSSR count). The lowest BCUT2D eigenvalue weighted by atomic mass is 9.89. The lowest BCUT2D eigenvalue weighted by molar-refractivity contribution is 0.0403. The van der Waals surface area contributed by atoms with Crippen molar-refractivity contribution in [2.45, 2.75) is 45.1 Å². The van der Waals surface area contributed by atoms with E-state index < -0.39 is 0 Å². The third kappa shape index (κ3) is 7.93. The Morgan fingerprint density at radius 2 is 2.03 bits per heavy atom. The van der Waals surface area contributed by atoms with Gasteiger partial charge in [0.25, 0.3) is 0 Å². The molecule has 1 atom stereocenters. The third-order valence-electron chi connectivity index (χ3n) is 4.95. The van der Waals surface area contributed by atoms with Gasteiger partial charge < -0.3 is 15.4 Å². The number of benzene rings is 1. The van der Waals surface area contributed by atoms with Crippen LogP contribution in [0.25, 0.3) is 0 Å². The first-order chi connectivity index (χ1) is 13.9. The molecule has 0 aliphatic heterocycles. The first-order valence-corrected chi connectivity index (χ1v) is 10.5. The van der Waals surface area contributed by atoms with E-state index in [4.69, 9.17) is 4.74 Å². The number of aromatic nitrogens is 1. The first kappa shape index (κ1) is 23.6. The van der Waals surface area contributed by atoms with Crippen LogP contribution in [0.1, 0.15) is 49.1 Å². The molecule has 1 aliphatic carbocycles. The normalized spacial score (nSPS) is 15.9. The van der Waals surface area contributed by atoms with Gasteiger partial charge in [-0.25, -0.2) is 0 Å². The van der Waals surface area contributed by atoms with Crippen LogP contribution in [0.2, 0.25) is 0 Å². The van der Waals surface area contributed by atoms with Crippen molar-refractivity contribution in [3.05, 3.63) is 65.5 Å². The summed E-state index contributed by atoms with van der Waals surface area (Å²) in [7, 11) is 0. The number of guanidine groups is 1. The molecule has 2 N–H and O–H groups in total.